The first-order chi connectivity index (χ1) is 13.9. The number of hydrogen-bond donors (Lipinski definition) is 1. The Hall–Kier alpha value is -1.95. The highest BCUT2D eigenvalue weighted by atomic mass is 79.9. The molecule has 3 rings (SSSR count). The summed E-state index contributed by atoms with van der Waals surface area (Å²) in [5.74, 6) is 1.13. The van der Waals surface area contributed by atoms with E-state index >= 15 is 0 Å². The van der Waals surface area contributed by atoms with Crippen LogP contribution in [0, 0.1) is 11.3 Å². The number of aromatic nitrogens is 1. The van der Waals surface area contributed by atoms with Crippen molar-refractivity contribution in [2.45, 2.75) is 44.7 Å². The Kier molecular flexibility index (Phi) is 9.08. The monoisotopic (exact) mass is 463 g/mol. The predicted molar refractivity (Wildman–Crippen MR) is 119 cm³/mol. The summed E-state index contributed by atoms with van der Waals surface area (Å²) in [6.07, 6.45) is 7.11. The lowest BCUT2D eigenvalue weighted by Crippen LogP contribution is -2.41. The summed E-state index contributed by atoms with van der Waals surface area (Å²) in [5, 5.41) is 13.5. The number of rotatable bonds is 6. The number of hydrogen-bond acceptors (Lipinski definition) is 7. The molecular formula is C21H30BrN5O2. The number of pyridine rings is 1. The summed E-state index contributed by atoms with van der Waals surface area (Å²) < 4.78 is 6.30. The van der Waals surface area contributed by atoms with Gasteiger partial charge in [0.1, 0.15) is 18.2 Å². The molecule has 0 spiro atoms. The van der Waals surface area contributed by atoms with Crippen molar-refractivity contribution in [1.82, 2.24) is 14.8 Å². The van der Waals surface area contributed by atoms with Crippen LogP contribution in [0.1, 0.15) is 38.4 Å². The van der Waals surface area contributed by atoms with Gasteiger partial charge in [0.25, 0.3) is 0 Å². The van der Waals surface area contributed by atoms with Crippen LogP contribution in [-0.4, -0.2) is 67.4 Å². The first-order valence-electron chi connectivity index (χ1n) is 9.89. The van der Waals surface area contributed by atoms with Crippen molar-refractivity contribution in [3.63, 3.8) is 0 Å². The number of anilines is 1. The molecule has 1 saturated carbocycles. The normalized spacial score (nSPS) is 19.0. The number of nitriles is 1. The van der Waals surface area contributed by atoms with E-state index in [1.165, 1.54) is 19.8 Å². The summed E-state index contributed by atoms with van der Waals surface area (Å²) in [6.45, 7) is 3.65. The number of carbonyl (C=O) groups is 1. The Labute approximate surface area is 181 Å². The van der Waals surface area contributed by atoms with Gasteiger partial charge in [0.15, 0.2) is 5.58 Å². The van der Waals surface area contributed by atoms with Gasteiger partial charge in [-0.15, -0.1) is 0 Å². The van der Waals surface area contributed by atoms with Gasteiger partial charge in [-0.3, -0.25) is 0 Å². The third kappa shape index (κ3) is 6.53. The second-order valence-corrected chi connectivity index (χ2v) is 8.38. The van der Waals surface area contributed by atoms with E-state index in [-0.39, 0.29) is 0 Å². The molecule has 7 nitrogen and oxygen atoms in total. The zero-order chi connectivity index (χ0) is 21.4. The predicted octanol–water partition coefficient (Wildman–Crippen LogP) is 3.88. The van der Waals surface area contributed by atoms with Crippen molar-refractivity contribution in [3.8, 4) is 6.07 Å². The number of furan rings is 1. The van der Waals surface area contributed by atoms with Crippen molar-refractivity contribution < 1.29 is 9.21 Å². The molecule has 158 valence electrons. The Morgan fingerprint density at radius 2 is 1.97 bits per heavy atom. The van der Waals surface area contributed by atoms with Crippen molar-refractivity contribution >= 4 is 39.0 Å². The van der Waals surface area contributed by atoms with Gasteiger partial charge in [0.05, 0.1) is 10.7 Å². The van der Waals surface area contributed by atoms with Crippen molar-refractivity contribution in [2.75, 3.05) is 39.5 Å². The topological polar surface area (TPSA) is 85.4 Å². The van der Waals surface area contributed by atoms with Gasteiger partial charge >= 0.3 is 0 Å². The number of aldehydes is 1. The molecule has 8 heteroatoms. The van der Waals surface area contributed by atoms with Gasteiger partial charge in [0, 0.05) is 36.6 Å². The zero-order valence-corrected chi connectivity index (χ0v) is 19.2. The van der Waals surface area contributed by atoms with Gasteiger partial charge < -0.3 is 24.3 Å². The number of fused-ring (bicyclic) bond motifs is 1. The first kappa shape index (κ1) is 23.3. The molecule has 0 aromatic carbocycles. The molecule has 0 saturated heterocycles. The third-order valence-electron chi connectivity index (χ3n) is 5.19. The van der Waals surface area contributed by atoms with Gasteiger partial charge in [-0.2, -0.15) is 5.26 Å². The third-order valence-corrected chi connectivity index (χ3v) is 5.99. The zero-order valence-electron chi connectivity index (χ0n) is 17.6. The van der Waals surface area contributed by atoms with Gasteiger partial charge in [0.2, 0.25) is 5.76 Å². The lowest BCUT2D eigenvalue weighted by atomic mass is 9.90. The molecule has 0 atom stereocenters. The molecule has 29 heavy (non-hydrogen) atoms. The molecule has 0 bridgehead atoms. The van der Waals surface area contributed by atoms with Crippen LogP contribution in [0.2, 0.25) is 0 Å². The minimum absolute atomic E-state index is 0.306. The second kappa shape index (κ2) is 11.3. The fourth-order valence-electron chi connectivity index (χ4n) is 3.53. The standard InChI is InChI=1S/C19H26BrN5O.C2H4O/c1-24(2)8-9-25(3)14-6-4-13(5-7-14)23-19-18(20)16-10-15(11-21)26-17(16)12-22-19;1-2-3/h10,12-14H,4-9H2,1-3H3,(H,22,23);2H,1H3. The number of halogens is 1. The Bertz CT molecular complexity index is 837. The fourth-order valence-corrected chi connectivity index (χ4v) is 4.06. The van der Waals surface area contributed by atoms with Gasteiger partial charge in [-0.1, -0.05) is 0 Å². The maximum absolute atomic E-state index is 9.00. The Morgan fingerprint density at radius 3 is 2.55 bits per heavy atom. The summed E-state index contributed by atoms with van der Waals surface area (Å²) in [7, 11) is 6.48. The highest BCUT2D eigenvalue weighted by Gasteiger charge is 2.25. The minimum Gasteiger partial charge on any atom is -0.444 e. The summed E-state index contributed by atoms with van der Waals surface area (Å²) in [4.78, 5) is 18.0. The first-order valence-corrected chi connectivity index (χ1v) is 10.7. The summed E-state index contributed by atoms with van der Waals surface area (Å²) in [6, 6.07) is 4.88. The van der Waals surface area contributed by atoms with E-state index in [4.69, 9.17) is 14.5 Å². The second-order valence-electron chi connectivity index (χ2n) is 7.59. The number of carbonyl (C=O) groups excluding carboxylic acids is 1. The number of likely N-dealkylation sites (N-methyl/N-ethyl adjacent to an activating group) is 2. The summed E-state index contributed by atoms with van der Waals surface area (Å²) in [5.41, 5.74) is 0.630. The lowest BCUT2D eigenvalue weighted by molar-refractivity contribution is -0.106. The van der Waals surface area contributed by atoms with Crippen molar-refractivity contribution in [1.29, 1.82) is 5.26 Å². The molecule has 0 amide bonds. The van der Waals surface area contributed by atoms with Gasteiger partial charge in [-0.25, -0.2) is 4.98 Å². The maximum Gasteiger partial charge on any atom is 0.204 e. The van der Waals surface area contributed by atoms with Crippen LogP contribution in [-0.2, 0) is 4.79 Å². The summed E-state index contributed by atoms with van der Waals surface area (Å²) >= 11 is 3.61. The molecule has 0 unspecified atom stereocenters. The van der Waals surface area contributed by atoms with E-state index in [2.05, 4.69) is 57.2 Å². The molecule has 2 heterocycles. The minimum atomic E-state index is 0.306. The van der Waals surface area contributed by atoms with E-state index in [1.807, 2.05) is 6.07 Å². The molecule has 0 aliphatic heterocycles. The largest absolute Gasteiger partial charge is 0.444 e. The van der Waals surface area contributed by atoms with Crippen LogP contribution in [0.15, 0.2) is 21.2 Å². The highest BCUT2D eigenvalue weighted by Crippen LogP contribution is 2.33. The smallest absolute Gasteiger partial charge is 0.204 e. The quantitative estimate of drug-likeness (QED) is 0.650. The molecule has 2 aromatic rings. The van der Waals surface area contributed by atoms with Crippen molar-refractivity contribution in [2.24, 2.45) is 0 Å². The van der Waals surface area contributed by atoms with E-state index in [1.54, 1.807) is 12.3 Å². The Morgan fingerprint density at radius 1 is 1.31 bits per heavy atom. The van der Waals surface area contributed by atoms with Crippen LogP contribution < -0.4 is 5.32 Å². The molecule has 2 aromatic heterocycles. The highest BCUT2D eigenvalue weighted by molar-refractivity contribution is 9.10. The van der Waals surface area contributed by atoms with Crippen molar-refractivity contribution in [3.05, 3.63) is 22.5 Å². The SMILES string of the molecule is CC=O.CN(C)CCN(C)C1CCC(Nc2ncc3oc(C#N)cc3c2Br)CC1. The van der Waals surface area contributed by atoms with Crippen LogP contribution >= 0.6 is 15.9 Å². The van der Waals surface area contributed by atoms with E-state index in [0.717, 1.165) is 47.9 Å². The molecule has 1 aliphatic carbocycles. The average molecular weight is 464 g/mol. The molecule has 1 aliphatic rings. The maximum atomic E-state index is 9.00. The fraction of sp³-hybridized carbons (Fsp3) is 0.571. The van der Waals surface area contributed by atoms with Crippen LogP contribution in [0.5, 0.6) is 0 Å². The number of nitrogens with zero attached hydrogens (tertiary/aromatic N) is 4. The Balaban J connectivity index is 0.000000941. The van der Waals surface area contributed by atoms with E-state index in [9.17, 15) is 0 Å². The molecular weight excluding hydrogens is 434 g/mol. The molecule has 0 radical (unpaired) electrons. The van der Waals surface area contributed by atoms with E-state index < -0.39 is 0 Å². The van der Waals surface area contributed by atoms with Crippen LogP contribution in [0.4, 0.5) is 5.82 Å². The van der Waals surface area contributed by atoms with Gasteiger partial charge in [-0.05, 0) is 69.7 Å². The molecule has 1 N–H and O–H groups in total. The number of nitrogens with one attached hydrogen (secondary N) is 1. The average Bonchev–Trinajstić information content (AvgIpc) is 3.14. The molecule has 1 fully saturated rings. The van der Waals surface area contributed by atoms with E-state index in [0.29, 0.717) is 23.4 Å². The van der Waals surface area contributed by atoms with Crippen LogP contribution in [0.3, 0.4) is 0 Å². The van der Waals surface area contributed by atoms with Crippen LogP contribution in [0.25, 0.3) is 11.0 Å². The lowest BCUT2D eigenvalue weighted by Gasteiger charge is -2.35.